The summed E-state index contributed by atoms with van der Waals surface area (Å²) in [5.74, 6) is 3.40. The first-order valence-corrected chi connectivity index (χ1v) is 25.6. The fourth-order valence-electron chi connectivity index (χ4n) is 9.95. The molecule has 0 spiro atoms. The highest BCUT2D eigenvalue weighted by Crippen LogP contribution is 2.70. The second-order valence-electron chi connectivity index (χ2n) is 16.8. The number of hydrogen-bond donors (Lipinski definition) is 0. The molecule has 0 amide bonds. The normalized spacial score (nSPS) is 44.5. The number of hydrogen-bond acceptors (Lipinski definition) is 3. The zero-order valence-electron chi connectivity index (χ0n) is 26.1. The average molecular weight is 553 g/mol. The molecule has 6 heteroatoms. The van der Waals surface area contributed by atoms with Gasteiger partial charge in [-0.3, -0.25) is 0 Å². The molecule has 0 radical (unpaired) electrons. The van der Waals surface area contributed by atoms with E-state index in [2.05, 4.69) is 79.7 Å². The van der Waals surface area contributed by atoms with Crippen LogP contribution in [0.5, 0.6) is 0 Å². The summed E-state index contributed by atoms with van der Waals surface area (Å²) in [4.78, 5) is 0. The van der Waals surface area contributed by atoms with Crippen molar-refractivity contribution in [3.05, 3.63) is 0 Å². The van der Waals surface area contributed by atoms with Crippen LogP contribution in [0.15, 0.2) is 0 Å². The molecule has 0 saturated heterocycles. The lowest BCUT2D eigenvalue weighted by Gasteiger charge is -2.63. The largest absolute Gasteiger partial charge is 0.415 e. The van der Waals surface area contributed by atoms with E-state index < -0.39 is 25.0 Å². The Morgan fingerprint density at radius 1 is 0.694 bits per heavy atom. The number of rotatable bonds is 7. The van der Waals surface area contributed by atoms with Crippen LogP contribution in [-0.2, 0) is 13.3 Å². The first kappa shape index (κ1) is 29.5. The van der Waals surface area contributed by atoms with E-state index in [1.165, 1.54) is 57.8 Å². The van der Waals surface area contributed by atoms with Crippen molar-refractivity contribution in [3.8, 4) is 0 Å². The molecule has 0 bridgehead atoms. The van der Waals surface area contributed by atoms with Crippen molar-refractivity contribution >= 4 is 25.0 Å². The van der Waals surface area contributed by atoms with E-state index >= 15 is 0 Å². The maximum atomic E-state index is 7.36. The quantitative estimate of drug-likeness (QED) is 0.295. The third-order valence-electron chi connectivity index (χ3n) is 11.0. The lowest BCUT2D eigenvalue weighted by molar-refractivity contribution is -0.175. The lowest BCUT2D eigenvalue weighted by atomic mass is 9.44. The maximum absolute atomic E-state index is 7.36. The molecule has 4 saturated carbocycles. The van der Waals surface area contributed by atoms with Gasteiger partial charge >= 0.3 is 0 Å². The van der Waals surface area contributed by atoms with Gasteiger partial charge in [-0.15, -0.1) is 0 Å². The lowest BCUT2D eigenvalue weighted by Crippen LogP contribution is -2.63. The van der Waals surface area contributed by atoms with Crippen LogP contribution in [0.4, 0.5) is 0 Å². The Morgan fingerprint density at radius 2 is 1.33 bits per heavy atom. The van der Waals surface area contributed by atoms with E-state index in [0.29, 0.717) is 11.5 Å². The third-order valence-corrected chi connectivity index (χ3v) is 14.1. The summed E-state index contributed by atoms with van der Waals surface area (Å²) in [6.07, 6.45) is 12.8. The first-order chi connectivity index (χ1) is 16.3. The van der Waals surface area contributed by atoms with Crippen molar-refractivity contribution in [3.63, 3.8) is 0 Å². The van der Waals surface area contributed by atoms with Crippen molar-refractivity contribution in [2.45, 2.75) is 155 Å². The molecular weight excluding hydrogens is 493 g/mol. The van der Waals surface area contributed by atoms with Crippen molar-refractivity contribution < 1.29 is 13.3 Å². The van der Waals surface area contributed by atoms with E-state index in [4.69, 9.17) is 13.3 Å². The van der Waals surface area contributed by atoms with Crippen LogP contribution < -0.4 is 0 Å². The standard InChI is InChI=1S/C30H60O3Si3/c1-22(31-34(4,5)6)30(33-36(10,11)12)20-17-27-25-14-13-23-21-24(32-35(7,8)9)15-18-28(23,2)26(25)16-19-29(27,30)3/h22-27H,13-21H2,1-12H3/t22?,23-,24+,25+,26-,27-,28-,29-,30+/m0/s1. The fraction of sp³-hybridized carbons (Fsp3) is 1.00. The van der Waals surface area contributed by atoms with Gasteiger partial charge in [0.05, 0.1) is 11.7 Å². The Kier molecular flexibility index (Phi) is 7.85. The second kappa shape index (κ2) is 9.57. The molecule has 36 heavy (non-hydrogen) atoms. The van der Waals surface area contributed by atoms with Crippen molar-refractivity contribution in [2.24, 2.45) is 34.5 Å². The molecule has 4 fully saturated rings. The van der Waals surface area contributed by atoms with E-state index in [0.717, 1.165) is 23.7 Å². The van der Waals surface area contributed by atoms with Crippen LogP contribution in [0.1, 0.15) is 78.6 Å². The zero-order chi connectivity index (χ0) is 26.9. The summed E-state index contributed by atoms with van der Waals surface area (Å²) in [7, 11) is -4.88. The summed E-state index contributed by atoms with van der Waals surface area (Å²) in [5.41, 5.74) is 0.623. The predicted molar refractivity (Wildman–Crippen MR) is 161 cm³/mol. The summed E-state index contributed by atoms with van der Waals surface area (Å²) in [5, 5.41) is 0. The van der Waals surface area contributed by atoms with E-state index in [-0.39, 0.29) is 17.1 Å². The highest BCUT2D eigenvalue weighted by Gasteiger charge is 2.67. The Labute approximate surface area is 227 Å². The molecule has 0 aliphatic heterocycles. The fourth-order valence-corrected chi connectivity index (χ4v) is 14.0. The van der Waals surface area contributed by atoms with Gasteiger partial charge in [-0.2, -0.15) is 0 Å². The summed E-state index contributed by atoms with van der Waals surface area (Å²) in [6, 6.07) is 0. The molecule has 0 aromatic carbocycles. The van der Waals surface area contributed by atoms with Gasteiger partial charge in [-0.1, -0.05) is 13.8 Å². The van der Waals surface area contributed by atoms with E-state index in [9.17, 15) is 0 Å². The van der Waals surface area contributed by atoms with E-state index in [1.807, 2.05) is 0 Å². The summed E-state index contributed by atoms with van der Waals surface area (Å²) in [6.45, 7) is 29.0. The van der Waals surface area contributed by atoms with Crippen LogP contribution in [0.25, 0.3) is 0 Å². The smallest absolute Gasteiger partial charge is 0.184 e. The topological polar surface area (TPSA) is 27.7 Å². The molecule has 210 valence electrons. The highest BCUT2D eigenvalue weighted by atomic mass is 28.4. The maximum Gasteiger partial charge on any atom is 0.184 e. The van der Waals surface area contributed by atoms with Gasteiger partial charge in [0.2, 0.25) is 0 Å². The molecule has 0 aromatic heterocycles. The van der Waals surface area contributed by atoms with Crippen molar-refractivity contribution in [1.82, 2.24) is 0 Å². The average Bonchev–Trinajstić information content (AvgIpc) is 2.98. The third kappa shape index (κ3) is 5.43. The Bertz CT molecular complexity index is 799. The molecule has 9 atom stereocenters. The van der Waals surface area contributed by atoms with Gasteiger partial charge in [-0.25, -0.2) is 0 Å². The van der Waals surface area contributed by atoms with Gasteiger partial charge in [0.1, 0.15) is 0 Å². The Morgan fingerprint density at radius 3 is 1.92 bits per heavy atom. The van der Waals surface area contributed by atoms with Crippen molar-refractivity contribution in [1.29, 1.82) is 0 Å². The van der Waals surface area contributed by atoms with Gasteiger partial charge in [-0.05, 0) is 153 Å². The molecule has 0 heterocycles. The molecule has 4 aliphatic carbocycles. The minimum atomic E-state index is -1.75. The zero-order valence-corrected chi connectivity index (χ0v) is 29.1. The van der Waals surface area contributed by atoms with Crippen LogP contribution in [-0.4, -0.2) is 42.8 Å². The van der Waals surface area contributed by atoms with Gasteiger partial charge < -0.3 is 13.3 Å². The molecule has 3 nitrogen and oxygen atoms in total. The van der Waals surface area contributed by atoms with Gasteiger partial charge in [0.15, 0.2) is 25.0 Å². The van der Waals surface area contributed by atoms with Gasteiger partial charge in [0, 0.05) is 11.5 Å². The minimum absolute atomic E-state index is 0.117. The van der Waals surface area contributed by atoms with Crippen LogP contribution in [0.2, 0.25) is 58.9 Å². The minimum Gasteiger partial charge on any atom is -0.415 e. The predicted octanol–water partition coefficient (Wildman–Crippen LogP) is 9.08. The Balaban J connectivity index is 1.59. The molecule has 0 aromatic rings. The summed E-state index contributed by atoms with van der Waals surface area (Å²) >= 11 is 0. The van der Waals surface area contributed by atoms with Crippen LogP contribution >= 0.6 is 0 Å². The molecule has 4 aliphatic rings. The number of fused-ring (bicyclic) bond motifs is 5. The summed E-state index contributed by atoms with van der Waals surface area (Å²) < 4.78 is 20.9. The molecular formula is C30H60O3Si3. The van der Waals surface area contributed by atoms with Crippen LogP contribution in [0, 0.1) is 34.5 Å². The molecule has 1 unspecified atom stereocenters. The monoisotopic (exact) mass is 552 g/mol. The Hall–Kier alpha value is 0.531. The van der Waals surface area contributed by atoms with Crippen LogP contribution in [0.3, 0.4) is 0 Å². The first-order valence-electron chi connectivity index (χ1n) is 15.4. The van der Waals surface area contributed by atoms with Gasteiger partial charge in [0.25, 0.3) is 0 Å². The highest BCUT2D eigenvalue weighted by molar-refractivity contribution is 6.70. The molecule has 4 rings (SSSR count). The second-order valence-corrected chi connectivity index (χ2v) is 30.1. The van der Waals surface area contributed by atoms with Crippen molar-refractivity contribution in [2.75, 3.05) is 0 Å². The molecule has 0 N–H and O–H groups in total. The SMILES string of the molecule is CC(O[Si](C)(C)C)[C@]1(O[Si](C)(C)C)CC[C@H]2[C@@H]3CC[C@H]4C[C@H](O[Si](C)(C)C)CC[C@]4(C)[C@H]3CC[C@@]21C. The van der Waals surface area contributed by atoms with E-state index in [1.54, 1.807) is 0 Å².